The number of aryl methyl sites for hydroxylation is 1. The lowest BCUT2D eigenvalue weighted by Gasteiger charge is -2.27. The Hall–Kier alpha value is -2.10. The van der Waals surface area contributed by atoms with Gasteiger partial charge in [0.25, 0.3) is 5.91 Å². The van der Waals surface area contributed by atoms with Gasteiger partial charge in [-0.25, -0.2) is 4.98 Å². The standard InChI is InChI=1S/C20H24N2O2/c1-12-11-17(15-7-5-4-6-8-15)14(3)22(12)20(23)18-13(2)21-19(24-18)16-9-10-16/h4-8,12,14,16-17H,9-11H2,1-3H3/t12-,14-,17-/m1/s1. The summed E-state index contributed by atoms with van der Waals surface area (Å²) in [6, 6.07) is 10.8. The van der Waals surface area contributed by atoms with Crippen LogP contribution in [0.1, 0.15) is 72.6 Å². The molecule has 1 amide bonds. The van der Waals surface area contributed by atoms with Crippen LogP contribution in [0.25, 0.3) is 0 Å². The van der Waals surface area contributed by atoms with E-state index in [2.05, 4.69) is 43.1 Å². The van der Waals surface area contributed by atoms with Crippen molar-refractivity contribution >= 4 is 5.91 Å². The van der Waals surface area contributed by atoms with Crippen molar-refractivity contribution in [2.75, 3.05) is 0 Å². The molecule has 0 radical (unpaired) electrons. The molecule has 1 aliphatic carbocycles. The van der Waals surface area contributed by atoms with E-state index in [9.17, 15) is 4.79 Å². The molecule has 1 aliphatic heterocycles. The molecule has 2 aliphatic rings. The number of carbonyl (C=O) groups excluding carboxylic acids is 1. The van der Waals surface area contributed by atoms with Gasteiger partial charge in [0.15, 0.2) is 5.89 Å². The molecule has 2 fully saturated rings. The summed E-state index contributed by atoms with van der Waals surface area (Å²) in [6.45, 7) is 6.15. The summed E-state index contributed by atoms with van der Waals surface area (Å²) in [5.74, 6) is 1.97. The second kappa shape index (κ2) is 5.76. The van der Waals surface area contributed by atoms with E-state index in [1.165, 1.54) is 5.56 Å². The second-order valence-corrected chi connectivity index (χ2v) is 7.30. The van der Waals surface area contributed by atoms with Crippen molar-refractivity contribution in [2.24, 2.45) is 0 Å². The molecule has 4 heteroatoms. The van der Waals surface area contributed by atoms with Gasteiger partial charge in [0.2, 0.25) is 5.76 Å². The first-order chi connectivity index (χ1) is 11.6. The highest BCUT2D eigenvalue weighted by Crippen LogP contribution is 2.41. The Labute approximate surface area is 142 Å². The fourth-order valence-corrected chi connectivity index (χ4v) is 4.01. The number of hydrogen-bond donors (Lipinski definition) is 0. The summed E-state index contributed by atoms with van der Waals surface area (Å²) in [5.41, 5.74) is 2.03. The zero-order chi connectivity index (χ0) is 16.8. The van der Waals surface area contributed by atoms with Crippen molar-refractivity contribution in [3.63, 3.8) is 0 Å². The molecular weight excluding hydrogens is 300 g/mol. The number of oxazole rings is 1. The van der Waals surface area contributed by atoms with Gasteiger partial charge < -0.3 is 9.32 Å². The van der Waals surface area contributed by atoms with Crippen LogP contribution in [0.4, 0.5) is 0 Å². The number of rotatable bonds is 3. The van der Waals surface area contributed by atoms with Crippen LogP contribution in [0.5, 0.6) is 0 Å². The van der Waals surface area contributed by atoms with E-state index < -0.39 is 0 Å². The summed E-state index contributed by atoms with van der Waals surface area (Å²) < 4.78 is 5.85. The average molecular weight is 324 g/mol. The number of carbonyl (C=O) groups is 1. The van der Waals surface area contributed by atoms with Gasteiger partial charge in [-0.05, 0) is 45.6 Å². The molecule has 0 bridgehead atoms. The number of nitrogens with zero attached hydrogens (tertiary/aromatic N) is 2. The topological polar surface area (TPSA) is 46.3 Å². The fraction of sp³-hybridized carbons (Fsp3) is 0.500. The normalized spacial score (nSPS) is 26.8. The van der Waals surface area contributed by atoms with Crippen molar-refractivity contribution < 1.29 is 9.21 Å². The lowest BCUT2D eigenvalue weighted by atomic mass is 9.92. The maximum Gasteiger partial charge on any atom is 0.292 e. The molecule has 0 N–H and O–H groups in total. The van der Waals surface area contributed by atoms with Crippen LogP contribution >= 0.6 is 0 Å². The summed E-state index contributed by atoms with van der Waals surface area (Å²) >= 11 is 0. The van der Waals surface area contributed by atoms with Crippen LogP contribution in [0.15, 0.2) is 34.7 Å². The first-order valence-corrected chi connectivity index (χ1v) is 8.91. The predicted octanol–water partition coefficient (Wildman–Crippen LogP) is 4.27. The van der Waals surface area contributed by atoms with Crippen molar-refractivity contribution in [2.45, 2.75) is 64.0 Å². The first-order valence-electron chi connectivity index (χ1n) is 8.91. The molecule has 2 aromatic rings. The number of hydrogen-bond acceptors (Lipinski definition) is 3. The number of amides is 1. The molecule has 3 atom stereocenters. The Kier molecular flexibility index (Phi) is 3.70. The van der Waals surface area contributed by atoms with Gasteiger partial charge in [-0.15, -0.1) is 0 Å². The van der Waals surface area contributed by atoms with Gasteiger partial charge in [-0.2, -0.15) is 0 Å². The van der Waals surface area contributed by atoms with E-state index in [4.69, 9.17) is 4.42 Å². The third-order valence-electron chi connectivity index (χ3n) is 5.49. The molecule has 24 heavy (non-hydrogen) atoms. The average Bonchev–Trinajstić information content (AvgIpc) is 3.29. The van der Waals surface area contributed by atoms with Gasteiger partial charge in [0, 0.05) is 23.9 Å². The smallest absolute Gasteiger partial charge is 0.292 e. The Morgan fingerprint density at radius 1 is 1.21 bits per heavy atom. The monoisotopic (exact) mass is 324 g/mol. The number of benzene rings is 1. The minimum absolute atomic E-state index is 0.00895. The van der Waals surface area contributed by atoms with Crippen molar-refractivity contribution in [1.29, 1.82) is 0 Å². The van der Waals surface area contributed by atoms with Crippen LogP contribution < -0.4 is 0 Å². The molecule has 1 saturated heterocycles. The van der Waals surface area contributed by atoms with Crippen molar-refractivity contribution in [3.05, 3.63) is 53.2 Å². The van der Waals surface area contributed by atoms with E-state index in [0.717, 1.165) is 30.8 Å². The highest BCUT2D eigenvalue weighted by molar-refractivity contribution is 5.93. The molecule has 0 unspecified atom stereocenters. The van der Waals surface area contributed by atoms with Gasteiger partial charge in [0.1, 0.15) is 0 Å². The van der Waals surface area contributed by atoms with Gasteiger partial charge in [-0.1, -0.05) is 30.3 Å². The number of aromatic nitrogens is 1. The van der Waals surface area contributed by atoms with Crippen molar-refractivity contribution in [3.8, 4) is 0 Å². The molecule has 4 nitrogen and oxygen atoms in total. The molecule has 126 valence electrons. The first kappa shape index (κ1) is 15.4. The Balaban J connectivity index is 1.60. The summed E-state index contributed by atoms with van der Waals surface area (Å²) in [5, 5.41) is 0. The molecule has 1 aromatic heterocycles. The molecule has 0 spiro atoms. The SMILES string of the molecule is Cc1nc(C2CC2)oc1C(=O)N1[C@H](C)C[C@@H](c2ccccc2)[C@H]1C. The van der Waals surface area contributed by atoms with Crippen LogP contribution in [0.2, 0.25) is 0 Å². The Morgan fingerprint density at radius 2 is 1.92 bits per heavy atom. The minimum Gasteiger partial charge on any atom is -0.435 e. The maximum absolute atomic E-state index is 13.1. The van der Waals surface area contributed by atoms with Crippen LogP contribution in [-0.4, -0.2) is 27.9 Å². The second-order valence-electron chi connectivity index (χ2n) is 7.30. The van der Waals surface area contributed by atoms with Crippen LogP contribution in [-0.2, 0) is 0 Å². The summed E-state index contributed by atoms with van der Waals surface area (Å²) in [4.78, 5) is 19.6. The minimum atomic E-state index is -0.00895. The third-order valence-corrected chi connectivity index (χ3v) is 5.49. The number of likely N-dealkylation sites (tertiary alicyclic amines) is 1. The van der Waals surface area contributed by atoms with E-state index in [0.29, 0.717) is 17.6 Å². The zero-order valence-corrected chi connectivity index (χ0v) is 14.5. The van der Waals surface area contributed by atoms with E-state index in [1.54, 1.807) is 0 Å². The zero-order valence-electron chi connectivity index (χ0n) is 14.5. The maximum atomic E-state index is 13.1. The van der Waals surface area contributed by atoms with Crippen LogP contribution in [0.3, 0.4) is 0 Å². The fourth-order valence-electron chi connectivity index (χ4n) is 4.01. The molecular formula is C20H24N2O2. The Morgan fingerprint density at radius 3 is 2.58 bits per heavy atom. The summed E-state index contributed by atoms with van der Waals surface area (Å²) in [6.07, 6.45) is 3.24. The van der Waals surface area contributed by atoms with Gasteiger partial charge >= 0.3 is 0 Å². The van der Waals surface area contributed by atoms with Gasteiger partial charge in [0.05, 0.1) is 5.69 Å². The molecule has 1 saturated carbocycles. The summed E-state index contributed by atoms with van der Waals surface area (Å²) in [7, 11) is 0. The Bertz CT molecular complexity index is 748. The van der Waals surface area contributed by atoms with E-state index in [1.807, 2.05) is 17.9 Å². The lowest BCUT2D eigenvalue weighted by molar-refractivity contribution is 0.0652. The highest BCUT2D eigenvalue weighted by Gasteiger charge is 2.42. The molecule has 2 heterocycles. The molecule has 4 rings (SSSR count). The largest absolute Gasteiger partial charge is 0.435 e. The quantitative estimate of drug-likeness (QED) is 0.847. The highest BCUT2D eigenvalue weighted by atomic mass is 16.4. The van der Waals surface area contributed by atoms with Gasteiger partial charge in [-0.3, -0.25) is 4.79 Å². The molecule has 1 aromatic carbocycles. The van der Waals surface area contributed by atoms with Crippen LogP contribution in [0, 0.1) is 6.92 Å². The predicted molar refractivity (Wildman–Crippen MR) is 92.1 cm³/mol. The van der Waals surface area contributed by atoms with E-state index in [-0.39, 0.29) is 18.0 Å². The van der Waals surface area contributed by atoms with E-state index >= 15 is 0 Å². The van der Waals surface area contributed by atoms with Crippen molar-refractivity contribution in [1.82, 2.24) is 9.88 Å². The lowest BCUT2D eigenvalue weighted by Crippen LogP contribution is -2.39. The third kappa shape index (κ3) is 2.54.